The van der Waals surface area contributed by atoms with E-state index in [2.05, 4.69) is 38.8 Å². The Labute approximate surface area is 146 Å². The van der Waals surface area contributed by atoms with Crippen LogP contribution in [0.4, 0.5) is 5.82 Å². The number of hydrogen-bond acceptors (Lipinski definition) is 5. The van der Waals surface area contributed by atoms with E-state index in [0.717, 1.165) is 29.8 Å². The maximum Gasteiger partial charge on any atom is 0.338 e. The third-order valence-corrected chi connectivity index (χ3v) is 4.66. The van der Waals surface area contributed by atoms with Gasteiger partial charge in [0.2, 0.25) is 0 Å². The Morgan fingerprint density at radius 1 is 1.30 bits per heavy atom. The molecule has 2 heterocycles. The quantitative estimate of drug-likeness (QED) is 0.703. The highest BCUT2D eigenvalue weighted by Crippen LogP contribution is 2.32. The minimum atomic E-state index is -0.803. The van der Waals surface area contributed by atoms with Crippen molar-refractivity contribution in [1.82, 2.24) is 4.98 Å². The molecule has 0 aromatic carbocycles. The van der Waals surface area contributed by atoms with Crippen LogP contribution in [-0.2, 0) is 20.7 Å². The molecule has 1 saturated heterocycles. The van der Waals surface area contributed by atoms with Crippen LogP contribution in [0.25, 0.3) is 0 Å². The van der Waals surface area contributed by atoms with E-state index in [4.69, 9.17) is 9.47 Å². The fourth-order valence-corrected chi connectivity index (χ4v) is 3.42. The highest BCUT2D eigenvalue weighted by molar-refractivity contribution is 9.10. The van der Waals surface area contributed by atoms with Gasteiger partial charge < -0.3 is 14.4 Å². The molecule has 2 rings (SSSR count). The van der Waals surface area contributed by atoms with Gasteiger partial charge in [-0.2, -0.15) is 0 Å². The third-order valence-electron chi connectivity index (χ3n) is 4.23. The molecule has 1 aromatic rings. The normalized spacial score (nSPS) is 17.1. The molecule has 0 saturated carbocycles. The zero-order valence-electron chi connectivity index (χ0n) is 14.1. The first-order chi connectivity index (χ1) is 11.1. The number of nitrogens with zero attached hydrogens (tertiary/aromatic N) is 2. The molecule has 1 aromatic heterocycles. The largest absolute Gasteiger partial charge is 0.464 e. The Kier molecular flexibility index (Phi) is 6.41. The molecule has 1 aliphatic rings. The summed E-state index contributed by atoms with van der Waals surface area (Å²) in [6.07, 6.45) is 4.00. The van der Waals surface area contributed by atoms with E-state index in [0.29, 0.717) is 26.1 Å². The summed E-state index contributed by atoms with van der Waals surface area (Å²) in [7, 11) is 0. The van der Waals surface area contributed by atoms with Crippen LogP contribution in [-0.4, -0.2) is 42.9 Å². The van der Waals surface area contributed by atoms with Crippen LogP contribution in [0.3, 0.4) is 0 Å². The molecule has 0 aliphatic carbocycles. The van der Waals surface area contributed by atoms with Gasteiger partial charge in [-0.3, -0.25) is 0 Å². The van der Waals surface area contributed by atoms with Crippen molar-refractivity contribution in [2.75, 3.05) is 31.2 Å². The smallest absolute Gasteiger partial charge is 0.338 e. The van der Waals surface area contributed by atoms with E-state index in [1.807, 2.05) is 20.0 Å². The van der Waals surface area contributed by atoms with Gasteiger partial charge in [-0.05, 0) is 47.8 Å². The number of aromatic nitrogens is 1. The fourth-order valence-electron chi connectivity index (χ4n) is 3.04. The zero-order valence-corrected chi connectivity index (χ0v) is 15.7. The van der Waals surface area contributed by atoms with E-state index >= 15 is 0 Å². The van der Waals surface area contributed by atoms with Gasteiger partial charge >= 0.3 is 5.97 Å². The molecule has 1 aliphatic heterocycles. The summed E-state index contributed by atoms with van der Waals surface area (Å²) in [6, 6.07) is 2.11. The van der Waals surface area contributed by atoms with E-state index in [-0.39, 0.29) is 5.97 Å². The van der Waals surface area contributed by atoms with E-state index in [1.54, 1.807) is 0 Å². The second kappa shape index (κ2) is 8.11. The molecule has 1 fully saturated rings. The Morgan fingerprint density at radius 3 is 2.57 bits per heavy atom. The monoisotopic (exact) mass is 384 g/mol. The summed E-state index contributed by atoms with van der Waals surface area (Å²) in [4.78, 5) is 19.1. The summed E-state index contributed by atoms with van der Waals surface area (Å²) in [5, 5.41) is 0. The van der Waals surface area contributed by atoms with Crippen molar-refractivity contribution in [2.45, 2.75) is 45.6 Å². The van der Waals surface area contributed by atoms with Crippen LogP contribution in [0.5, 0.6) is 0 Å². The van der Waals surface area contributed by atoms with Crippen LogP contribution in [0.1, 0.15) is 39.2 Å². The molecule has 128 valence electrons. The van der Waals surface area contributed by atoms with Gasteiger partial charge in [0.25, 0.3) is 0 Å². The maximum atomic E-state index is 12.3. The van der Waals surface area contributed by atoms with Gasteiger partial charge in [-0.25, -0.2) is 9.78 Å². The summed E-state index contributed by atoms with van der Waals surface area (Å²) < 4.78 is 12.0. The minimum Gasteiger partial charge on any atom is -0.464 e. The molecule has 0 radical (unpaired) electrons. The predicted molar refractivity (Wildman–Crippen MR) is 93.8 cm³/mol. The Morgan fingerprint density at radius 2 is 2.00 bits per heavy atom. The van der Waals surface area contributed by atoms with Crippen molar-refractivity contribution >= 4 is 27.7 Å². The molecule has 0 unspecified atom stereocenters. The van der Waals surface area contributed by atoms with E-state index in [1.165, 1.54) is 5.56 Å². The van der Waals surface area contributed by atoms with Crippen LogP contribution in [0, 0.1) is 0 Å². The third kappa shape index (κ3) is 4.04. The molecule has 0 amide bonds. The fraction of sp³-hybridized carbons (Fsp3) is 0.647. The number of carbonyl (C=O) groups excluding carboxylic acids is 1. The SMILES string of the molecule is CCOC(=O)C1(OCC)CCN(c2ncc(Br)cc2CC)CC1. The van der Waals surface area contributed by atoms with Crippen LogP contribution >= 0.6 is 15.9 Å². The lowest BCUT2D eigenvalue weighted by Gasteiger charge is -2.40. The zero-order chi connectivity index (χ0) is 16.9. The van der Waals surface area contributed by atoms with Crippen molar-refractivity contribution in [1.29, 1.82) is 0 Å². The lowest BCUT2D eigenvalue weighted by Crippen LogP contribution is -2.52. The highest BCUT2D eigenvalue weighted by Gasteiger charge is 2.44. The molecule has 0 bridgehead atoms. The van der Waals surface area contributed by atoms with Gasteiger partial charge in [-0.1, -0.05) is 6.92 Å². The number of pyridine rings is 1. The number of aryl methyl sites for hydroxylation is 1. The predicted octanol–water partition coefficient (Wildman–Crippen LogP) is 3.35. The molecule has 5 nitrogen and oxygen atoms in total. The lowest BCUT2D eigenvalue weighted by molar-refractivity contribution is -0.174. The number of ether oxygens (including phenoxy) is 2. The summed E-state index contributed by atoms with van der Waals surface area (Å²) in [5.41, 5.74) is 0.405. The molecular formula is C17H25BrN2O3. The minimum absolute atomic E-state index is 0.235. The van der Waals surface area contributed by atoms with Gasteiger partial charge in [-0.15, -0.1) is 0 Å². The second-order valence-electron chi connectivity index (χ2n) is 5.62. The Hall–Kier alpha value is -1.14. The number of rotatable bonds is 6. The number of anilines is 1. The van der Waals surface area contributed by atoms with Gasteiger partial charge in [0.1, 0.15) is 5.82 Å². The van der Waals surface area contributed by atoms with E-state index in [9.17, 15) is 4.79 Å². The molecule has 0 N–H and O–H groups in total. The number of esters is 1. The average molecular weight is 385 g/mol. The molecule has 0 spiro atoms. The molecular weight excluding hydrogens is 360 g/mol. The van der Waals surface area contributed by atoms with E-state index < -0.39 is 5.60 Å². The van der Waals surface area contributed by atoms with Gasteiger partial charge in [0.15, 0.2) is 5.60 Å². The first kappa shape index (κ1) is 18.2. The number of piperidine rings is 1. The summed E-state index contributed by atoms with van der Waals surface area (Å²) in [5.74, 6) is 0.769. The molecule has 0 atom stereocenters. The standard InChI is InChI=1S/C17H25BrN2O3/c1-4-13-11-14(18)12-19-15(13)20-9-7-17(8-10-20,23-6-3)16(21)22-5-2/h11-12H,4-10H2,1-3H3. The van der Waals surface area contributed by atoms with Crippen LogP contribution < -0.4 is 4.90 Å². The lowest BCUT2D eigenvalue weighted by atomic mass is 9.90. The summed E-state index contributed by atoms with van der Waals surface area (Å²) in [6.45, 7) is 8.23. The van der Waals surface area contributed by atoms with Crippen LogP contribution in [0.15, 0.2) is 16.7 Å². The van der Waals surface area contributed by atoms with Crippen molar-refractivity contribution in [2.24, 2.45) is 0 Å². The number of carbonyl (C=O) groups is 1. The number of hydrogen-bond donors (Lipinski definition) is 0. The topological polar surface area (TPSA) is 51.7 Å². The summed E-state index contributed by atoms with van der Waals surface area (Å²) >= 11 is 3.47. The van der Waals surface area contributed by atoms with Crippen molar-refractivity contribution in [3.05, 3.63) is 22.3 Å². The van der Waals surface area contributed by atoms with Gasteiger partial charge in [0.05, 0.1) is 6.61 Å². The first-order valence-electron chi connectivity index (χ1n) is 8.26. The highest BCUT2D eigenvalue weighted by atomic mass is 79.9. The maximum absolute atomic E-state index is 12.3. The molecule has 6 heteroatoms. The molecule has 23 heavy (non-hydrogen) atoms. The number of halogens is 1. The van der Waals surface area contributed by atoms with Crippen molar-refractivity contribution in [3.8, 4) is 0 Å². The Bertz CT molecular complexity index is 543. The first-order valence-corrected chi connectivity index (χ1v) is 9.06. The van der Waals surface area contributed by atoms with Crippen LogP contribution in [0.2, 0.25) is 0 Å². The van der Waals surface area contributed by atoms with Crippen molar-refractivity contribution < 1.29 is 14.3 Å². The van der Waals surface area contributed by atoms with Gasteiger partial charge in [0, 0.05) is 43.2 Å². The van der Waals surface area contributed by atoms with Crippen molar-refractivity contribution in [3.63, 3.8) is 0 Å². The second-order valence-corrected chi connectivity index (χ2v) is 6.54. The average Bonchev–Trinajstić information content (AvgIpc) is 2.56. The Balaban J connectivity index is 2.14.